The standard InChI is InChI=1S/C31H40ClN7O3/c1-19(20-7-9-22(10-8-20)27-24(32)6-5-13-34-27)35-29(41)26-16-23(40)17-38(26)30(42)28(31(2,3)4)39-18-25(36-37-39)21-11-14-33-15-12-21/h5-10,13,18-19,21,23,26,28,33,40H,11-12,14-17H2,1-4H3,(H,35,41)/t19-,23+,26-,28+/m0/s1. The first kappa shape index (κ1) is 30.1. The number of rotatable bonds is 7. The van der Waals surface area contributed by atoms with E-state index in [2.05, 4.69) is 25.9 Å². The highest BCUT2D eigenvalue weighted by molar-refractivity contribution is 6.33. The number of aromatic nitrogens is 4. The summed E-state index contributed by atoms with van der Waals surface area (Å²) in [5.41, 5.74) is 2.86. The van der Waals surface area contributed by atoms with E-state index in [0.29, 0.717) is 16.6 Å². The molecule has 0 unspecified atom stereocenters. The predicted molar refractivity (Wildman–Crippen MR) is 161 cm³/mol. The van der Waals surface area contributed by atoms with Gasteiger partial charge in [0.1, 0.15) is 12.1 Å². The lowest BCUT2D eigenvalue weighted by molar-refractivity contribution is -0.144. The molecular weight excluding hydrogens is 554 g/mol. The van der Waals surface area contributed by atoms with Gasteiger partial charge in [-0.05, 0) is 56.0 Å². The maximum atomic E-state index is 14.1. The lowest BCUT2D eigenvalue weighted by Crippen LogP contribution is -2.50. The molecule has 4 atom stereocenters. The second-order valence-corrected chi connectivity index (χ2v) is 12.9. The van der Waals surface area contributed by atoms with Gasteiger partial charge in [-0.1, -0.05) is 61.9 Å². The van der Waals surface area contributed by atoms with Crippen LogP contribution in [-0.2, 0) is 9.59 Å². The first-order valence-electron chi connectivity index (χ1n) is 14.6. The number of halogens is 1. The smallest absolute Gasteiger partial charge is 0.248 e. The van der Waals surface area contributed by atoms with Crippen molar-refractivity contribution in [1.29, 1.82) is 0 Å². The summed E-state index contributed by atoms with van der Waals surface area (Å²) in [6.45, 7) is 9.79. The third-order valence-corrected chi connectivity index (χ3v) is 8.58. The fraction of sp³-hybridized carbons (Fsp3) is 0.516. The van der Waals surface area contributed by atoms with Crippen LogP contribution < -0.4 is 10.6 Å². The van der Waals surface area contributed by atoms with Crippen molar-refractivity contribution >= 4 is 23.4 Å². The van der Waals surface area contributed by atoms with E-state index in [0.717, 1.165) is 42.8 Å². The van der Waals surface area contributed by atoms with E-state index in [4.69, 9.17) is 11.6 Å². The van der Waals surface area contributed by atoms with Crippen LogP contribution in [0.5, 0.6) is 0 Å². The van der Waals surface area contributed by atoms with Crippen LogP contribution in [0.1, 0.15) is 76.2 Å². The second-order valence-electron chi connectivity index (χ2n) is 12.5. The minimum Gasteiger partial charge on any atom is -0.391 e. The Balaban J connectivity index is 1.31. The van der Waals surface area contributed by atoms with Gasteiger partial charge in [0.05, 0.1) is 28.6 Å². The van der Waals surface area contributed by atoms with Crippen LogP contribution in [0, 0.1) is 5.41 Å². The van der Waals surface area contributed by atoms with Gasteiger partial charge in [0.15, 0.2) is 0 Å². The fourth-order valence-electron chi connectivity index (χ4n) is 5.99. The summed E-state index contributed by atoms with van der Waals surface area (Å²) in [6.07, 6.45) is 4.92. The third-order valence-electron chi connectivity index (χ3n) is 8.27. The summed E-state index contributed by atoms with van der Waals surface area (Å²) in [4.78, 5) is 33.5. The first-order chi connectivity index (χ1) is 20.0. The van der Waals surface area contributed by atoms with Crippen molar-refractivity contribution in [2.75, 3.05) is 19.6 Å². The maximum absolute atomic E-state index is 14.1. The SMILES string of the molecule is C[C@H](NC(=O)[C@@H]1C[C@@H](O)CN1C(=O)[C@@H](n1cc(C2CCNCC2)nn1)C(C)(C)C)c1ccc(-c2ncccc2Cl)cc1. The van der Waals surface area contributed by atoms with Crippen molar-refractivity contribution in [3.8, 4) is 11.3 Å². The number of hydrogen-bond acceptors (Lipinski definition) is 7. The zero-order valence-corrected chi connectivity index (χ0v) is 25.4. The van der Waals surface area contributed by atoms with Crippen molar-refractivity contribution in [2.24, 2.45) is 5.41 Å². The third kappa shape index (κ3) is 6.50. The van der Waals surface area contributed by atoms with Crippen LogP contribution in [0.25, 0.3) is 11.3 Å². The van der Waals surface area contributed by atoms with Gasteiger partial charge in [0, 0.05) is 36.8 Å². The fourth-order valence-corrected chi connectivity index (χ4v) is 6.22. The molecule has 2 aromatic heterocycles. The molecule has 2 saturated heterocycles. The van der Waals surface area contributed by atoms with Gasteiger partial charge < -0.3 is 20.6 Å². The summed E-state index contributed by atoms with van der Waals surface area (Å²) in [5.74, 6) is -0.240. The van der Waals surface area contributed by atoms with Gasteiger partial charge in [0.25, 0.3) is 0 Å². The molecule has 11 heteroatoms. The van der Waals surface area contributed by atoms with Crippen LogP contribution in [0.2, 0.25) is 5.02 Å². The molecule has 224 valence electrons. The molecule has 5 rings (SSSR count). The number of piperidine rings is 1. The number of benzene rings is 1. The zero-order chi connectivity index (χ0) is 30.0. The predicted octanol–water partition coefficient (Wildman–Crippen LogP) is 3.89. The molecule has 3 N–H and O–H groups in total. The monoisotopic (exact) mass is 593 g/mol. The number of aliphatic hydroxyl groups excluding tert-OH is 1. The Labute approximate surface area is 251 Å². The number of hydrogen-bond donors (Lipinski definition) is 3. The Hall–Kier alpha value is -3.34. The molecule has 1 aromatic carbocycles. The molecule has 2 amide bonds. The number of nitrogens with one attached hydrogen (secondary N) is 2. The summed E-state index contributed by atoms with van der Waals surface area (Å²) in [6, 6.07) is 9.50. The molecule has 2 aliphatic heterocycles. The average molecular weight is 594 g/mol. The average Bonchev–Trinajstić information content (AvgIpc) is 3.60. The second kappa shape index (κ2) is 12.5. The number of pyridine rings is 1. The number of carbonyl (C=O) groups is 2. The Morgan fingerprint density at radius 3 is 2.52 bits per heavy atom. The number of carbonyl (C=O) groups excluding carboxylic acids is 2. The van der Waals surface area contributed by atoms with Crippen molar-refractivity contribution < 1.29 is 14.7 Å². The van der Waals surface area contributed by atoms with Gasteiger partial charge in [-0.25, -0.2) is 4.68 Å². The summed E-state index contributed by atoms with van der Waals surface area (Å²) >= 11 is 6.30. The summed E-state index contributed by atoms with van der Waals surface area (Å²) < 4.78 is 1.65. The van der Waals surface area contributed by atoms with Crippen LogP contribution in [-0.4, -0.2) is 73.6 Å². The zero-order valence-electron chi connectivity index (χ0n) is 24.6. The number of amides is 2. The van der Waals surface area contributed by atoms with E-state index >= 15 is 0 Å². The summed E-state index contributed by atoms with van der Waals surface area (Å²) in [5, 5.41) is 26.4. The highest BCUT2D eigenvalue weighted by atomic mass is 35.5. The number of likely N-dealkylation sites (tertiary alicyclic amines) is 1. The molecule has 0 bridgehead atoms. The van der Waals surface area contributed by atoms with Crippen LogP contribution in [0.4, 0.5) is 0 Å². The van der Waals surface area contributed by atoms with Gasteiger partial charge in [-0.15, -0.1) is 5.10 Å². The van der Waals surface area contributed by atoms with E-state index in [9.17, 15) is 14.7 Å². The van der Waals surface area contributed by atoms with Gasteiger partial charge in [0.2, 0.25) is 11.8 Å². The normalized spacial score (nSPS) is 21.2. The lowest BCUT2D eigenvalue weighted by atomic mass is 9.85. The molecule has 10 nitrogen and oxygen atoms in total. The Bertz CT molecular complexity index is 1400. The quantitative estimate of drug-likeness (QED) is 0.379. The molecule has 3 aromatic rings. The van der Waals surface area contributed by atoms with Gasteiger partial charge in [-0.2, -0.15) is 0 Å². The van der Waals surface area contributed by atoms with Crippen molar-refractivity contribution in [1.82, 2.24) is 35.5 Å². The number of nitrogens with zero attached hydrogens (tertiary/aromatic N) is 5. The van der Waals surface area contributed by atoms with Crippen molar-refractivity contribution in [3.63, 3.8) is 0 Å². The van der Waals surface area contributed by atoms with Crippen LogP contribution >= 0.6 is 11.6 Å². The molecule has 2 fully saturated rings. The lowest BCUT2D eigenvalue weighted by Gasteiger charge is -2.35. The molecule has 0 aliphatic carbocycles. The van der Waals surface area contributed by atoms with Crippen molar-refractivity contribution in [2.45, 2.75) is 77.1 Å². The highest BCUT2D eigenvalue weighted by Gasteiger charge is 2.45. The largest absolute Gasteiger partial charge is 0.391 e. The minimum atomic E-state index is -0.793. The van der Waals surface area contributed by atoms with Crippen molar-refractivity contribution in [3.05, 3.63) is 65.1 Å². The molecular formula is C31H40ClN7O3. The van der Waals surface area contributed by atoms with Crippen LogP contribution in [0.15, 0.2) is 48.8 Å². The molecule has 42 heavy (non-hydrogen) atoms. The Kier molecular flexibility index (Phi) is 8.96. The van der Waals surface area contributed by atoms with E-state index < -0.39 is 23.6 Å². The van der Waals surface area contributed by atoms with Gasteiger partial charge in [-0.3, -0.25) is 14.6 Å². The maximum Gasteiger partial charge on any atom is 0.248 e. The van der Waals surface area contributed by atoms with E-state index in [1.807, 2.05) is 58.2 Å². The molecule has 0 radical (unpaired) electrons. The first-order valence-corrected chi connectivity index (χ1v) is 15.0. The minimum absolute atomic E-state index is 0.0905. The number of β-amino-alcohol motifs (C(OH)–C–C–N with tert-alkyl or cyclic N) is 1. The topological polar surface area (TPSA) is 125 Å². The van der Waals surface area contributed by atoms with Gasteiger partial charge >= 0.3 is 0 Å². The van der Waals surface area contributed by atoms with E-state index in [1.54, 1.807) is 23.0 Å². The molecule has 0 spiro atoms. The van der Waals surface area contributed by atoms with E-state index in [-0.39, 0.29) is 30.8 Å². The molecule has 4 heterocycles. The summed E-state index contributed by atoms with van der Waals surface area (Å²) in [7, 11) is 0. The highest BCUT2D eigenvalue weighted by Crippen LogP contribution is 2.35. The Morgan fingerprint density at radius 2 is 1.86 bits per heavy atom. The Morgan fingerprint density at radius 1 is 1.14 bits per heavy atom. The molecule has 2 aliphatic rings. The van der Waals surface area contributed by atoms with Crippen LogP contribution in [0.3, 0.4) is 0 Å². The molecule has 0 saturated carbocycles. The van der Waals surface area contributed by atoms with E-state index in [1.165, 1.54) is 4.90 Å². The number of aliphatic hydroxyl groups is 1.